The van der Waals surface area contributed by atoms with E-state index in [1.807, 2.05) is 69.3 Å². The van der Waals surface area contributed by atoms with Gasteiger partial charge in [0.25, 0.3) is 6.47 Å². The molecule has 49 heavy (non-hydrogen) atoms. The Labute approximate surface area is 293 Å². The smallest absolute Gasteiger partial charge is 0.414 e. The molecular formula is C36H48ClN5O7. The van der Waals surface area contributed by atoms with E-state index in [0.717, 1.165) is 11.1 Å². The highest BCUT2D eigenvalue weighted by atomic mass is 35.5. The van der Waals surface area contributed by atoms with Gasteiger partial charge in [-0.05, 0) is 89.1 Å². The van der Waals surface area contributed by atoms with Crippen molar-refractivity contribution in [3.63, 3.8) is 0 Å². The highest BCUT2D eigenvalue weighted by molar-refractivity contribution is 6.30. The Kier molecular flexibility index (Phi) is 16.2. The fourth-order valence-electron chi connectivity index (χ4n) is 4.05. The third-order valence-electron chi connectivity index (χ3n) is 6.20. The van der Waals surface area contributed by atoms with Crippen LogP contribution in [0.2, 0.25) is 5.02 Å². The second-order valence-corrected chi connectivity index (χ2v) is 13.2. The van der Waals surface area contributed by atoms with Crippen LogP contribution in [0.4, 0.5) is 16.2 Å². The zero-order valence-corrected chi connectivity index (χ0v) is 29.9. The van der Waals surface area contributed by atoms with Crippen LogP contribution in [0.15, 0.2) is 71.7 Å². The number of carbonyl (C=O) groups excluding carboxylic acids is 3. The maximum absolute atomic E-state index is 12.0. The second kappa shape index (κ2) is 19.8. The molecule has 0 radical (unpaired) electrons. The number of nitrogens with zero attached hydrogens (tertiary/aromatic N) is 1. The number of nitrogen functional groups attached to an aromatic ring is 1. The lowest BCUT2D eigenvalue weighted by Gasteiger charge is -2.22. The van der Waals surface area contributed by atoms with Gasteiger partial charge < -0.3 is 35.3 Å². The molecule has 2 amide bonds. The minimum absolute atomic E-state index is 0.287. The van der Waals surface area contributed by atoms with Crippen LogP contribution in [0.3, 0.4) is 0 Å². The molecule has 1 unspecified atom stereocenters. The molecule has 1 atom stereocenters. The monoisotopic (exact) mass is 697 g/mol. The Balaban J connectivity index is 0.00000107. The number of rotatable bonds is 13. The van der Waals surface area contributed by atoms with Gasteiger partial charge in [-0.1, -0.05) is 35.9 Å². The van der Waals surface area contributed by atoms with E-state index in [1.165, 1.54) is 0 Å². The van der Waals surface area contributed by atoms with Crippen LogP contribution in [0.1, 0.15) is 59.1 Å². The zero-order valence-electron chi connectivity index (χ0n) is 29.2. The largest absolute Gasteiger partial charge is 0.493 e. The van der Waals surface area contributed by atoms with Crippen LogP contribution in [-0.4, -0.2) is 55.9 Å². The second-order valence-electron chi connectivity index (χ2n) is 12.8. The maximum Gasteiger partial charge on any atom is 0.414 e. The van der Waals surface area contributed by atoms with E-state index in [1.54, 1.807) is 46.0 Å². The highest BCUT2D eigenvalue weighted by Gasteiger charge is 2.18. The minimum Gasteiger partial charge on any atom is -0.493 e. The van der Waals surface area contributed by atoms with Gasteiger partial charge >= 0.3 is 6.09 Å². The third kappa shape index (κ3) is 17.1. The van der Waals surface area contributed by atoms with Gasteiger partial charge in [-0.2, -0.15) is 0 Å². The number of guanidine groups is 1. The number of anilines is 2. The van der Waals surface area contributed by atoms with Crippen LogP contribution in [0.25, 0.3) is 0 Å². The molecule has 0 fully saturated rings. The molecule has 13 heteroatoms. The number of nitrogens with one attached hydrogen (secondary N) is 3. The summed E-state index contributed by atoms with van der Waals surface area (Å²) in [5, 5.41) is 8.98. The zero-order chi connectivity index (χ0) is 36.5. The van der Waals surface area contributed by atoms with E-state index in [-0.39, 0.29) is 11.7 Å². The molecule has 0 spiro atoms. The Morgan fingerprint density at radius 1 is 0.959 bits per heavy atom. The lowest BCUT2D eigenvalue weighted by Crippen LogP contribution is -2.43. The van der Waals surface area contributed by atoms with Crippen molar-refractivity contribution in [2.75, 3.05) is 24.7 Å². The van der Waals surface area contributed by atoms with Gasteiger partial charge in [0.1, 0.15) is 28.8 Å². The van der Waals surface area contributed by atoms with Crippen LogP contribution < -0.4 is 31.2 Å². The number of benzene rings is 3. The average Bonchev–Trinajstić information content (AvgIpc) is 3.00. The quantitative estimate of drug-likeness (QED) is 0.0675. The van der Waals surface area contributed by atoms with Gasteiger partial charge in [0, 0.05) is 43.2 Å². The summed E-state index contributed by atoms with van der Waals surface area (Å²) in [5.74, 6) is 1.48. The molecule has 0 heterocycles. The number of amides is 2. The van der Waals surface area contributed by atoms with E-state index in [9.17, 15) is 14.4 Å². The number of hydrogen-bond donors (Lipinski definition) is 4. The third-order valence-corrected chi connectivity index (χ3v) is 6.44. The van der Waals surface area contributed by atoms with Crippen LogP contribution in [-0.2, 0) is 32.0 Å². The summed E-state index contributed by atoms with van der Waals surface area (Å²) in [4.78, 5) is 36.7. The van der Waals surface area contributed by atoms with E-state index < -0.39 is 11.7 Å². The lowest BCUT2D eigenvalue weighted by atomic mass is 10.1. The van der Waals surface area contributed by atoms with E-state index in [4.69, 9.17) is 31.5 Å². The summed E-state index contributed by atoms with van der Waals surface area (Å²) in [7, 11) is 1.58. The number of alkyl carbamates (subject to hydrolysis) is 1. The first-order valence-electron chi connectivity index (χ1n) is 15.7. The number of ether oxygens (including phenoxy) is 4. The number of halogens is 1. The summed E-state index contributed by atoms with van der Waals surface area (Å²) < 4.78 is 22.1. The van der Waals surface area contributed by atoms with Crippen molar-refractivity contribution in [2.24, 2.45) is 4.99 Å². The molecule has 5 N–H and O–H groups in total. The summed E-state index contributed by atoms with van der Waals surface area (Å²) >= 11 is 6.20. The van der Waals surface area contributed by atoms with Gasteiger partial charge in [-0.25, -0.2) is 4.79 Å². The first-order chi connectivity index (χ1) is 23.1. The van der Waals surface area contributed by atoms with Crippen molar-refractivity contribution in [3.05, 3.63) is 82.9 Å². The Morgan fingerprint density at radius 2 is 1.67 bits per heavy atom. The Morgan fingerprint density at radius 3 is 2.24 bits per heavy atom. The number of carbonyl (C=O) groups is 3. The van der Waals surface area contributed by atoms with E-state index >= 15 is 0 Å². The van der Waals surface area contributed by atoms with Crippen molar-refractivity contribution in [1.29, 1.82) is 0 Å². The molecule has 12 nitrogen and oxygen atoms in total. The van der Waals surface area contributed by atoms with Crippen LogP contribution in [0, 0.1) is 0 Å². The maximum atomic E-state index is 12.0. The molecule has 0 aromatic heterocycles. The summed E-state index contributed by atoms with van der Waals surface area (Å²) in [6, 6.07) is 20.3. The normalized spacial score (nSPS) is 12.0. The average molecular weight is 698 g/mol. The predicted molar refractivity (Wildman–Crippen MR) is 193 cm³/mol. The molecule has 3 aromatic carbocycles. The molecule has 3 rings (SSSR count). The van der Waals surface area contributed by atoms with Crippen molar-refractivity contribution in [3.8, 4) is 11.5 Å². The van der Waals surface area contributed by atoms with Crippen molar-refractivity contribution < 1.29 is 33.3 Å². The molecule has 0 saturated carbocycles. The van der Waals surface area contributed by atoms with Gasteiger partial charge in [0.15, 0.2) is 0 Å². The number of nitrogens with two attached hydrogens (primary N) is 1. The van der Waals surface area contributed by atoms with Crippen molar-refractivity contribution in [1.82, 2.24) is 10.6 Å². The van der Waals surface area contributed by atoms with Gasteiger partial charge in [-0.3, -0.25) is 19.9 Å². The molecule has 0 aliphatic carbocycles. The van der Waals surface area contributed by atoms with E-state index in [2.05, 4.69) is 25.7 Å². The van der Waals surface area contributed by atoms with Gasteiger partial charge in [0.05, 0.1) is 12.3 Å². The van der Waals surface area contributed by atoms with Crippen LogP contribution >= 0.6 is 11.6 Å². The summed E-state index contributed by atoms with van der Waals surface area (Å²) in [6.07, 6.45) is 0.856. The fraction of sp³-hybridized carbons (Fsp3) is 0.389. The van der Waals surface area contributed by atoms with Crippen molar-refractivity contribution >= 4 is 47.9 Å². The lowest BCUT2D eigenvalue weighted by molar-refractivity contribution is -0.138. The summed E-state index contributed by atoms with van der Waals surface area (Å²) in [6.45, 7) is 12.1. The number of aliphatic imine (C=N–C) groups is 1. The highest BCUT2D eigenvalue weighted by Crippen LogP contribution is 2.29. The standard InChI is InChI=1S/C31H38ClN5O5.C5H10O2/c1-31(2,3)42-30(39)37-29(34-4)35-19-21-8-11-25(12-9-21)40-15-14-26(17-22-6-5-7-23(32)16-22)41-28-18-24(33)10-13-27(28)36-20-38;1-5(2,3)7-4-6/h5-13,16,18,20,26H,14-15,17,19,33H2,1-4H3,(H,36,38)(H2,34,35,37,39);4H,1-3H3. The predicted octanol–water partition coefficient (Wildman–Crippen LogP) is 6.51. The molecule has 266 valence electrons. The molecule has 0 saturated heterocycles. The first-order valence-corrected chi connectivity index (χ1v) is 16.0. The van der Waals surface area contributed by atoms with Crippen LogP contribution in [0.5, 0.6) is 11.5 Å². The molecule has 0 bridgehead atoms. The topological polar surface area (TPSA) is 163 Å². The molecule has 0 aliphatic heterocycles. The van der Waals surface area contributed by atoms with E-state index in [0.29, 0.717) is 72.7 Å². The number of hydrogen-bond acceptors (Lipinski definition) is 9. The van der Waals surface area contributed by atoms with Crippen molar-refractivity contribution in [2.45, 2.75) is 78.2 Å². The Hall–Kier alpha value is -4.97. The molecular weight excluding hydrogens is 650 g/mol. The SMILES string of the molecule is CC(C)(C)OC=O.CN=C(NCc1ccc(OCCC(Cc2cccc(Cl)c2)Oc2cc(N)ccc2NC=O)cc1)NC(=O)OC(C)(C)C. The summed E-state index contributed by atoms with van der Waals surface area (Å²) in [5.41, 5.74) is 8.07. The molecule has 0 aliphatic rings. The van der Waals surface area contributed by atoms with Gasteiger partial charge in [-0.15, -0.1) is 0 Å². The first kappa shape index (κ1) is 40.2. The minimum atomic E-state index is -0.605. The fourth-order valence-corrected chi connectivity index (χ4v) is 4.26. The molecule has 3 aromatic rings. The van der Waals surface area contributed by atoms with Gasteiger partial charge in [0.2, 0.25) is 12.4 Å². The Bertz CT molecular complexity index is 1520.